The van der Waals surface area contributed by atoms with E-state index in [0.29, 0.717) is 28.9 Å². The largest absolute Gasteiger partial charge is 0.497 e. The van der Waals surface area contributed by atoms with E-state index in [2.05, 4.69) is 15.6 Å². The minimum Gasteiger partial charge on any atom is -0.497 e. The molecule has 0 saturated heterocycles. The van der Waals surface area contributed by atoms with Crippen LogP contribution in [-0.4, -0.2) is 39.5 Å². The highest BCUT2D eigenvalue weighted by atomic mass is 19.1. The van der Waals surface area contributed by atoms with Crippen LogP contribution in [0.15, 0.2) is 72.8 Å². The van der Waals surface area contributed by atoms with Gasteiger partial charge in [-0.3, -0.25) is 14.5 Å². The highest BCUT2D eigenvalue weighted by Crippen LogP contribution is 2.32. The number of rotatable bonds is 9. The van der Waals surface area contributed by atoms with Crippen LogP contribution in [0.25, 0.3) is 11.0 Å². The van der Waals surface area contributed by atoms with Gasteiger partial charge in [-0.05, 0) is 62.7 Å². The number of halogens is 1. The van der Waals surface area contributed by atoms with Gasteiger partial charge in [-0.25, -0.2) is 9.07 Å². The number of carbonyl (C=O) groups excluding carboxylic acids is 2. The second-order valence-electron chi connectivity index (χ2n) is 9.35. The molecule has 0 aliphatic rings. The van der Waals surface area contributed by atoms with E-state index in [1.165, 1.54) is 28.8 Å². The molecular weight excluding hydrogens is 473 g/mol. The highest BCUT2D eigenvalue weighted by Gasteiger charge is 2.36. The maximum absolute atomic E-state index is 15.2. The predicted octanol–water partition coefficient (Wildman–Crippen LogP) is 4.66. The summed E-state index contributed by atoms with van der Waals surface area (Å²) in [5.74, 6) is -0.963. The van der Waals surface area contributed by atoms with Gasteiger partial charge < -0.3 is 10.1 Å². The molecule has 0 spiro atoms. The van der Waals surface area contributed by atoms with Gasteiger partial charge in [0, 0.05) is 16.8 Å². The Morgan fingerprint density at radius 3 is 2.41 bits per heavy atom. The third-order valence-electron chi connectivity index (χ3n) is 6.38. The van der Waals surface area contributed by atoms with E-state index in [-0.39, 0.29) is 12.1 Å². The predicted molar refractivity (Wildman–Crippen MR) is 140 cm³/mol. The first-order chi connectivity index (χ1) is 17.7. The summed E-state index contributed by atoms with van der Waals surface area (Å²) in [5, 5.41) is 11.2. The molecule has 1 heterocycles. The van der Waals surface area contributed by atoms with Crippen LogP contribution in [0.4, 0.5) is 10.1 Å². The number of amides is 2. The van der Waals surface area contributed by atoms with Gasteiger partial charge in [-0.15, -0.1) is 5.10 Å². The Bertz CT molecular complexity index is 1400. The Hall–Kier alpha value is -4.27. The van der Waals surface area contributed by atoms with Crippen LogP contribution in [-0.2, 0) is 16.1 Å². The van der Waals surface area contributed by atoms with E-state index >= 15 is 4.39 Å². The molecule has 1 aromatic heterocycles. The quantitative estimate of drug-likeness (QED) is 0.359. The third-order valence-corrected chi connectivity index (χ3v) is 6.38. The zero-order chi connectivity index (χ0) is 26.6. The Balaban J connectivity index is 1.83. The van der Waals surface area contributed by atoms with E-state index < -0.39 is 29.2 Å². The lowest BCUT2D eigenvalue weighted by molar-refractivity contribution is -0.128. The molecule has 0 fully saturated rings. The second kappa shape index (κ2) is 10.8. The van der Waals surface area contributed by atoms with Gasteiger partial charge in [-0.2, -0.15) is 0 Å². The molecule has 4 rings (SSSR count). The number of benzene rings is 3. The molecule has 3 aromatic carbocycles. The summed E-state index contributed by atoms with van der Waals surface area (Å²) in [6, 6.07) is 18.7. The molecule has 1 atom stereocenters. The van der Waals surface area contributed by atoms with Crippen LogP contribution in [0.3, 0.4) is 0 Å². The van der Waals surface area contributed by atoms with E-state index in [0.717, 1.165) is 0 Å². The van der Waals surface area contributed by atoms with Gasteiger partial charge >= 0.3 is 0 Å². The van der Waals surface area contributed by atoms with Crippen molar-refractivity contribution < 1.29 is 18.7 Å². The van der Waals surface area contributed by atoms with Crippen molar-refractivity contribution in [3.05, 3.63) is 84.2 Å². The number of nitrogens with zero attached hydrogens (tertiary/aromatic N) is 4. The molecule has 1 N–H and O–H groups in total. The van der Waals surface area contributed by atoms with E-state index in [1.54, 1.807) is 42.5 Å². The zero-order valence-corrected chi connectivity index (χ0v) is 21.3. The van der Waals surface area contributed by atoms with Gasteiger partial charge in [0.2, 0.25) is 11.8 Å². The number of ether oxygens (including phenoxy) is 1. The number of anilines is 1. The summed E-state index contributed by atoms with van der Waals surface area (Å²) in [6.07, 6.45) is 0.643. The Morgan fingerprint density at radius 2 is 1.73 bits per heavy atom. The minimum atomic E-state index is -1.28. The molecule has 0 aliphatic heterocycles. The fourth-order valence-electron chi connectivity index (χ4n) is 4.00. The standard InChI is InChI=1S/C28H30FN5O3/c1-5-28(2,3)30-27(36)26(21-10-6-7-11-22(21)29)34(19-14-16-20(37-4)17-15-19)25(35)18-33-24-13-9-8-12-23(24)31-32-33/h6-17,26H,5,18H2,1-4H3,(H,30,36)/t26-/m1/s1. The molecule has 4 aromatic rings. The zero-order valence-electron chi connectivity index (χ0n) is 21.3. The van der Waals surface area contributed by atoms with Gasteiger partial charge in [0.05, 0.1) is 12.6 Å². The van der Waals surface area contributed by atoms with E-state index in [4.69, 9.17) is 4.74 Å². The summed E-state index contributed by atoms with van der Waals surface area (Å²) in [6.45, 7) is 5.50. The monoisotopic (exact) mass is 503 g/mol. The Morgan fingerprint density at radius 1 is 1.05 bits per heavy atom. The molecule has 0 bridgehead atoms. The summed E-state index contributed by atoms with van der Waals surface area (Å²) < 4.78 is 21.9. The number of hydrogen-bond donors (Lipinski definition) is 1. The van der Waals surface area contributed by atoms with Crippen LogP contribution in [0.5, 0.6) is 5.75 Å². The molecule has 9 heteroatoms. The maximum atomic E-state index is 15.2. The van der Waals surface area contributed by atoms with Crippen molar-refractivity contribution >= 4 is 28.5 Å². The number of aromatic nitrogens is 3. The van der Waals surface area contributed by atoms with E-state index in [1.807, 2.05) is 39.0 Å². The normalized spacial score (nSPS) is 12.2. The average molecular weight is 504 g/mol. The fraction of sp³-hybridized carbons (Fsp3) is 0.286. The van der Waals surface area contributed by atoms with Crippen LogP contribution in [0, 0.1) is 5.82 Å². The van der Waals surface area contributed by atoms with Crippen molar-refractivity contribution in [1.29, 1.82) is 0 Å². The van der Waals surface area contributed by atoms with Gasteiger partial charge in [-0.1, -0.05) is 42.5 Å². The SMILES string of the molecule is CCC(C)(C)NC(=O)[C@@H](c1ccccc1F)N(C(=O)Cn1nnc2ccccc21)c1ccc(OC)cc1. The number of methoxy groups -OCH3 is 1. The molecule has 0 aliphatic carbocycles. The summed E-state index contributed by atoms with van der Waals surface area (Å²) in [5.41, 5.74) is 1.23. The van der Waals surface area contributed by atoms with Crippen LogP contribution in [0.1, 0.15) is 38.8 Å². The maximum Gasteiger partial charge on any atom is 0.249 e. The first kappa shape index (κ1) is 25.8. The lowest BCUT2D eigenvalue weighted by Gasteiger charge is -2.34. The van der Waals surface area contributed by atoms with Gasteiger partial charge in [0.1, 0.15) is 29.7 Å². The molecule has 0 saturated carbocycles. The minimum absolute atomic E-state index is 0.0829. The smallest absolute Gasteiger partial charge is 0.249 e. The number of hydrogen-bond acceptors (Lipinski definition) is 5. The lowest BCUT2D eigenvalue weighted by Crippen LogP contribution is -2.51. The Kier molecular flexibility index (Phi) is 7.52. The van der Waals surface area contributed by atoms with Crippen molar-refractivity contribution in [2.24, 2.45) is 0 Å². The highest BCUT2D eigenvalue weighted by molar-refractivity contribution is 6.01. The summed E-state index contributed by atoms with van der Waals surface area (Å²) in [7, 11) is 1.54. The van der Waals surface area contributed by atoms with E-state index in [9.17, 15) is 9.59 Å². The van der Waals surface area contributed by atoms with Gasteiger partial charge in [0.15, 0.2) is 0 Å². The molecule has 192 valence electrons. The third kappa shape index (κ3) is 5.61. The molecule has 0 radical (unpaired) electrons. The molecular formula is C28H30FN5O3. The number of para-hydroxylation sites is 1. The number of nitrogens with one attached hydrogen (secondary N) is 1. The first-order valence-corrected chi connectivity index (χ1v) is 12.0. The average Bonchev–Trinajstić information content (AvgIpc) is 3.30. The fourth-order valence-corrected chi connectivity index (χ4v) is 4.00. The van der Waals surface area contributed by atoms with Crippen LogP contribution in [0.2, 0.25) is 0 Å². The van der Waals surface area contributed by atoms with Crippen molar-refractivity contribution in [2.75, 3.05) is 12.0 Å². The number of carbonyl (C=O) groups is 2. The second-order valence-corrected chi connectivity index (χ2v) is 9.35. The van der Waals surface area contributed by atoms with Crippen LogP contribution < -0.4 is 15.0 Å². The lowest BCUT2D eigenvalue weighted by atomic mass is 9.98. The summed E-state index contributed by atoms with van der Waals surface area (Å²) in [4.78, 5) is 29.1. The van der Waals surface area contributed by atoms with Gasteiger partial charge in [0.25, 0.3) is 0 Å². The number of fused-ring (bicyclic) bond motifs is 1. The molecule has 37 heavy (non-hydrogen) atoms. The first-order valence-electron chi connectivity index (χ1n) is 12.0. The molecule has 8 nitrogen and oxygen atoms in total. The van der Waals surface area contributed by atoms with Crippen molar-refractivity contribution in [3.8, 4) is 5.75 Å². The Labute approximate surface area is 215 Å². The molecule has 0 unspecified atom stereocenters. The molecule has 2 amide bonds. The van der Waals surface area contributed by atoms with Crippen LogP contribution >= 0.6 is 0 Å². The summed E-state index contributed by atoms with van der Waals surface area (Å²) >= 11 is 0. The van der Waals surface area contributed by atoms with Crippen molar-refractivity contribution in [3.63, 3.8) is 0 Å². The topological polar surface area (TPSA) is 89.4 Å². The van der Waals surface area contributed by atoms with Crippen molar-refractivity contribution in [1.82, 2.24) is 20.3 Å². The van der Waals surface area contributed by atoms with Crippen molar-refractivity contribution in [2.45, 2.75) is 45.3 Å².